The number of carbonyl (C=O) groups excluding carboxylic acids is 1. The fourth-order valence-corrected chi connectivity index (χ4v) is 4.88. The van der Waals surface area contributed by atoms with Crippen molar-refractivity contribution in [3.8, 4) is 0 Å². The number of aryl methyl sites for hydroxylation is 2. The minimum atomic E-state index is 0.0229. The average Bonchev–Trinajstić information content (AvgIpc) is 2.65. The van der Waals surface area contributed by atoms with Crippen LogP contribution in [0.1, 0.15) is 63.1 Å². The van der Waals surface area contributed by atoms with Gasteiger partial charge in [-0.25, -0.2) is 0 Å². The summed E-state index contributed by atoms with van der Waals surface area (Å²) in [5.74, 6) is 0.333. The van der Waals surface area contributed by atoms with Gasteiger partial charge in [-0.2, -0.15) is 0 Å². The lowest BCUT2D eigenvalue weighted by Gasteiger charge is -2.44. The van der Waals surface area contributed by atoms with E-state index in [0.29, 0.717) is 17.4 Å². The number of nitrogen functional groups attached to an aromatic ring is 1. The van der Waals surface area contributed by atoms with Crippen molar-refractivity contribution in [2.75, 3.05) is 31.9 Å². The predicted octanol–water partition coefficient (Wildman–Crippen LogP) is 4.18. The van der Waals surface area contributed by atoms with Crippen LogP contribution in [-0.4, -0.2) is 47.9 Å². The van der Waals surface area contributed by atoms with Crippen LogP contribution in [-0.2, 0) is 11.2 Å². The molecule has 1 amide bonds. The van der Waals surface area contributed by atoms with Crippen LogP contribution in [0.25, 0.3) is 0 Å². The van der Waals surface area contributed by atoms with Crippen LogP contribution < -0.4 is 5.73 Å². The summed E-state index contributed by atoms with van der Waals surface area (Å²) in [5.41, 5.74) is 10.9. The van der Waals surface area contributed by atoms with Crippen LogP contribution in [0.5, 0.6) is 0 Å². The van der Waals surface area contributed by atoms with Crippen molar-refractivity contribution in [2.45, 2.75) is 72.8 Å². The van der Waals surface area contributed by atoms with Gasteiger partial charge in [-0.1, -0.05) is 32.9 Å². The topological polar surface area (TPSA) is 49.6 Å². The van der Waals surface area contributed by atoms with E-state index in [1.165, 1.54) is 31.5 Å². The normalized spacial score (nSPS) is 22.2. The maximum Gasteiger partial charge on any atom is 0.225 e. The second-order valence-corrected chi connectivity index (χ2v) is 10.0. The molecule has 2 heterocycles. The van der Waals surface area contributed by atoms with Gasteiger partial charge in [0.05, 0.1) is 0 Å². The summed E-state index contributed by atoms with van der Waals surface area (Å²) in [6.45, 7) is 15.2. The lowest BCUT2D eigenvalue weighted by atomic mass is 9.82. The molecule has 2 aliphatic rings. The summed E-state index contributed by atoms with van der Waals surface area (Å²) in [4.78, 5) is 17.8. The van der Waals surface area contributed by atoms with E-state index in [2.05, 4.69) is 42.7 Å². The molecule has 4 heteroatoms. The summed E-state index contributed by atoms with van der Waals surface area (Å²) in [6.07, 6.45) is 5.63. The van der Waals surface area contributed by atoms with Gasteiger partial charge in [-0.05, 0) is 81.1 Å². The predicted molar refractivity (Wildman–Crippen MR) is 117 cm³/mol. The molecule has 0 bridgehead atoms. The van der Waals surface area contributed by atoms with Gasteiger partial charge in [0.25, 0.3) is 0 Å². The van der Waals surface area contributed by atoms with Crippen molar-refractivity contribution in [3.05, 3.63) is 28.8 Å². The Morgan fingerprint density at radius 3 is 2.18 bits per heavy atom. The number of rotatable bonds is 4. The second-order valence-electron chi connectivity index (χ2n) is 10.0. The number of nitrogens with two attached hydrogens (primary N) is 1. The van der Waals surface area contributed by atoms with Gasteiger partial charge in [0.2, 0.25) is 5.91 Å². The first-order valence-electron chi connectivity index (χ1n) is 11.0. The molecule has 0 unspecified atom stereocenters. The minimum absolute atomic E-state index is 0.0229. The third kappa shape index (κ3) is 4.89. The summed E-state index contributed by atoms with van der Waals surface area (Å²) in [6, 6.07) is 4.93. The monoisotopic (exact) mass is 385 g/mol. The molecule has 2 saturated heterocycles. The summed E-state index contributed by atoms with van der Waals surface area (Å²) < 4.78 is 0. The SMILES string of the molecule is Cc1cc(C[C@@H](C)C(=O)N2CCC(N3CCC(C)(C)CC3)CC2)cc(C)c1N. The minimum Gasteiger partial charge on any atom is -0.398 e. The summed E-state index contributed by atoms with van der Waals surface area (Å²) in [5, 5.41) is 0. The third-order valence-electron chi connectivity index (χ3n) is 7.06. The fraction of sp³-hybridized carbons (Fsp3) is 0.708. The molecular weight excluding hydrogens is 346 g/mol. The molecule has 2 N–H and O–H groups in total. The molecule has 156 valence electrons. The highest BCUT2D eigenvalue weighted by Crippen LogP contribution is 2.32. The van der Waals surface area contributed by atoms with Crippen LogP contribution in [0.2, 0.25) is 0 Å². The molecule has 3 rings (SSSR count). The maximum absolute atomic E-state index is 13.0. The average molecular weight is 386 g/mol. The highest BCUT2D eigenvalue weighted by molar-refractivity contribution is 5.79. The number of likely N-dealkylation sites (tertiary alicyclic amines) is 2. The Morgan fingerprint density at radius 2 is 1.64 bits per heavy atom. The van der Waals surface area contributed by atoms with E-state index in [-0.39, 0.29) is 5.92 Å². The van der Waals surface area contributed by atoms with Gasteiger partial charge in [0.1, 0.15) is 0 Å². The third-order valence-corrected chi connectivity index (χ3v) is 7.06. The molecule has 0 saturated carbocycles. The molecule has 2 fully saturated rings. The molecule has 0 radical (unpaired) electrons. The Balaban J connectivity index is 1.51. The van der Waals surface area contributed by atoms with Crippen LogP contribution >= 0.6 is 0 Å². The number of carbonyl (C=O) groups is 1. The molecule has 1 aromatic carbocycles. The van der Waals surface area contributed by atoms with Crippen molar-refractivity contribution >= 4 is 11.6 Å². The Hall–Kier alpha value is -1.55. The quantitative estimate of drug-likeness (QED) is 0.791. The zero-order chi connectivity index (χ0) is 20.5. The van der Waals surface area contributed by atoms with Gasteiger partial charge >= 0.3 is 0 Å². The van der Waals surface area contributed by atoms with E-state index in [0.717, 1.165) is 49.2 Å². The van der Waals surface area contributed by atoms with E-state index in [1.807, 2.05) is 13.8 Å². The number of amides is 1. The number of piperidine rings is 2. The molecule has 1 atom stereocenters. The highest BCUT2D eigenvalue weighted by atomic mass is 16.2. The highest BCUT2D eigenvalue weighted by Gasteiger charge is 2.32. The summed E-state index contributed by atoms with van der Waals surface area (Å²) >= 11 is 0. The van der Waals surface area contributed by atoms with E-state index in [9.17, 15) is 4.79 Å². The second kappa shape index (κ2) is 8.44. The smallest absolute Gasteiger partial charge is 0.225 e. The van der Waals surface area contributed by atoms with Crippen molar-refractivity contribution < 1.29 is 4.79 Å². The molecule has 0 aromatic heterocycles. The van der Waals surface area contributed by atoms with E-state index in [4.69, 9.17) is 5.73 Å². The number of benzene rings is 1. The zero-order valence-electron chi connectivity index (χ0n) is 18.6. The van der Waals surface area contributed by atoms with Crippen LogP contribution in [0.15, 0.2) is 12.1 Å². The number of anilines is 1. The fourth-order valence-electron chi connectivity index (χ4n) is 4.88. The van der Waals surface area contributed by atoms with Gasteiger partial charge in [-0.3, -0.25) is 4.79 Å². The Kier molecular flexibility index (Phi) is 6.38. The number of hydrogen-bond donors (Lipinski definition) is 1. The first-order chi connectivity index (χ1) is 13.2. The number of hydrogen-bond acceptors (Lipinski definition) is 3. The van der Waals surface area contributed by atoms with E-state index in [1.54, 1.807) is 0 Å². The van der Waals surface area contributed by atoms with E-state index >= 15 is 0 Å². The van der Waals surface area contributed by atoms with Gasteiger partial charge in [-0.15, -0.1) is 0 Å². The molecule has 4 nitrogen and oxygen atoms in total. The molecule has 1 aromatic rings. The van der Waals surface area contributed by atoms with Crippen LogP contribution in [0, 0.1) is 25.2 Å². The Labute approximate surface area is 171 Å². The molecule has 2 aliphatic heterocycles. The summed E-state index contributed by atoms with van der Waals surface area (Å²) in [7, 11) is 0. The van der Waals surface area contributed by atoms with E-state index < -0.39 is 0 Å². The zero-order valence-corrected chi connectivity index (χ0v) is 18.6. The van der Waals surface area contributed by atoms with Crippen LogP contribution in [0.4, 0.5) is 5.69 Å². The molecule has 28 heavy (non-hydrogen) atoms. The van der Waals surface area contributed by atoms with Gasteiger partial charge < -0.3 is 15.5 Å². The van der Waals surface area contributed by atoms with Crippen molar-refractivity contribution in [1.29, 1.82) is 0 Å². The van der Waals surface area contributed by atoms with Crippen molar-refractivity contribution in [3.63, 3.8) is 0 Å². The standard InChI is InChI=1S/C24H39N3O/c1-17-14-20(15-18(2)22(17)25)16-19(3)23(28)27-10-6-21(7-11-27)26-12-8-24(4,5)9-13-26/h14-15,19,21H,6-13,16,25H2,1-5H3/t19-/m1/s1. The van der Waals surface area contributed by atoms with Crippen molar-refractivity contribution in [1.82, 2.24) is 9.80 Å². The first kappa shape index (κ1) is 21.2. The van der Waals surface area contributed by atoms with Crippen molar-refractivity contribution in [2.24, 2.45) is 11.3 Å². The first-order valence-corrected chi connectivity index (χ1v) is 11.0. The maximum atomic E-state index is 13.0. The molecule has 0 spiro atoms. The van der Waals surface area contributed by atoms with Crippen LogP contribution in [0.3, 0.4) is 0 Å². The molecular formula is C24H39N3O. The Morgan fingerprint density at radius 1 is 1.11 bits per heavy atom. The Bertz CT molecular complexity index is 671. The lowest BCUT2D eigenvalue weighted by molar-refractivity contribution is -0.136. The van der Waals surface area contributed by atoms with Gasteiger partial charge in [0.15, 0.2) is 0 Å². The van der Waals surface area contributed by atoms with Gasteiger partial charge in [0, 0.05) is 30.7 Å². The largest absolute Gasteiger partial charge is 0.398 e. The number of nitrogens with zero attached hydrogens (tertiary/aromatic N) is 2. The molecule has 0 aliphatic carbocycles. The lowest BCUT2D eigenvalue weighted by Crippen LogP contribution is -2.50.